The van der Waals surface area contributed by atoms with E-state index in [1.54, 1.807) is 14.2 Å². The van der Waals surface area contributed by atoms with Crippen LogP contribution in [0.5, 0.6) is 11.5 Å². The van der Waals surface area contributed by atoms with E-state index in [0.29, 0.717) is 43.0 Å². The summed E-state index contributed by atoms with van der Waals surface area (Å²) in [4.78, 5) is 13.9. The summed E-state index contributed by atoms with van der Waals surface area (Å²) < 4.78 is 18.3. The monoisotopic (exact) mass is 479 g/mol. The van der Waals surface area contributed by atoms with Gasteiger partial charge in [-0.2, -0.15) is 0 Å². The quantitative estimate of drug-likeness (QED) is 0.552. The molecule has 2 aliphatic rings. The van der Waals surface area contributed by atoms with Crippen LogP contribution in [0, 0.1) is 5.92 Å². The van der Waals surface area contributed by atoms with Crippen LogP contribution in [0.2, 0.25) is 0 Å². The summed E-state index contributed by atoms with van der Waals surface area (Å²) in [5, 5.41) is 11.6. The topological polar surface area (TPSA) is 85.1 Å². The molecule has 0 spiro atoms. The standard InChI is InChI=1S/C26H33N5O4/c1-17(2)9-19-16-31-25(28-19)24-23(12-20(14-27-24)29-5-7-35-8-6-29)30(26(31)32)15-18-10-21(33-3)13-22(11-18)34-4/h10-14,16-17,26,32H,5-9,15H2,1-4H3. The van der Waals surface area contributed by atoms with Gasteiger partial charge in [0.05, 0.1) is 50.7 Å². The Morgan fingerprint density at radius 2 is 1.80 bits per heavy atom. The van der Waals surface area contributed by atoms with Crippen molar-refractivity contribution in [3.05, 3.63) is 47.9 Å². The van der Waals surface area contributed by atoms with Crippen molar-refractivity contribution < 1.29 is 19.3 Å². The lowest BCUT2D eigenvalue weighted by Crippen LogP contribution is -2.38. The number of pyridine rings is 1. The first kappa shape index (κ1) is 23.4. The van der Waals surface area contributed by atoms with E-state index in [-0.39, 0.29) is 0 Å². The first-order chi connectivity index (χ1) is 17.0. The molecule has 35 heavy (non-hydrogen) atoms. The maximum Gasteiger partial charge on any atom is 0.213 e. The maximum atomic E-state index is 11.6. The smallest absolute Gasteiger partial charge is 0.213 e. The number of aromatic nitrogens is 3. The molecule has 9 nitrogen and oxygen atoms in total. The Morgan fingerprint density at radius 1 is 1.09 bits per heavy atom. The van der Waals surface area contributed by atoms with Gasteiger partial charge in [-0.1, -0.05) is 13.8 Å². The first-order valence-corrected chi connectivity index (χ1v) is 12.0. The number of anilines is 2. The third-order valence-electron chi connectivity index (χ3n) is 6.44. The van der Waals surface area contributed by atoms with Gasteiger partial charge in [0.1, 0.15) is 17.2 Å². The Hall–Kier alpha value is -3.30. The Kier molecular flexibility index (Phi) is 6.53. The first-order valence-electron chi connectivity index (χ1n) is 12.0. The van der Waals surface area contributed by atoms with E-state index in [0.717, 1.165) is 47.8 Å². The summed E-state index contributed by atoms with van der Waals surface area (Å²) in [7, 11) is 3.27. The van der Waals surface area contributed by atoms with Crippen LogP contribution in [0.15, 0.2) is 36.7 Å². The Labute approximate surface area is 205 Å². The molecule has 3 aromatic rings. The van der Waals surface area contributed by atoms with E-state index in [1.807, 2.05) is 40.1 Å². The highest BCUT2D eigenvalue weighted by Gasteiger charge is 2.33. The van der Waals surface area contributed by atoms with Crippen LogP contribution in [-0.2, 0) is 17.7 Å². The van der Waals surface area contributed by atoms with Gasteiger partial charge in [-0.3, -0.25) is 4.57 Å². The van der Waals surface area contributed by atoms with E-state index < -0.39 is 6.35 Å². The second-order valence-corrected chi connectivity index (χ2v) is 9.42. The van der Waals surface area contributed by atoms with Crippen LogP contribution in [0.3, 0.4) is 0 Å². The van der Waals surface area contributed by atoms with Crippen molar-refractivity contribution >= 4 is 11.4 Å². The highest BCUT2D eigenvalue weighted by atomic mass is 16.5. The van der Waals surface area contributed by atoms with Crippen LogP contribution in [0.4, 0.5) is 11.4 Å². The predicted octanol–water partition coefficient (Wildman–Crippen LogP) is 3.47. The van der Waals surface area contributed by atoms with Gasteiger partial charge in [0, 0.05) is 31.9 Å². The lowest BCUT2D eigenvalue weighted by Gasteiger charge is -2.37. The van der Waals surface area contributed by atoms with Crippen LogP contribution >= 0.6 is 0 Å². The molecule has 1 fully saturated rings. The van der Waals surface area contributed by atoms with E-state index in [1.165, 1.54) is 0 Å². The van der Waals surface area contributed by atoms with Gasteiger partial charge in [-0.05, 0) is 36.1 Å². The average molecular weight is 480 g/mol. The number of benzene rings is 1. The third-order valence-corrected chi connectivity index (χ3v) is 6.44. The number of morpholine rings is 1. The largest absolute Gasteiger partial charge is 0.497 e. The van der Waals surface area contributed by atoms with E-state index in [9.17, 15) is 5.11 Å². The highest BCUT2D eigenvalue weighted by Crippen LogP contribution is 2.41. The molecule has 1 aromatic carbocycles. The summed E-state index contributed by atoms with van der Waals surface area (Å²) in [5.41, 5.74) is 4.52. The minimum absolute atomic E-state index is 0.438. The number of ether oxygens (including phenoxy) is 3. The number of aliphatic hydroxyl groups excluding tert-OH is 1. The molecule has 2 aliphatic heterocycles. The summed E-state index contributed by atoms with van der Waals surface area (Å²) in [6.45, 7) is 7.77. The minimum atomic E-state index is -0.926. The van der Waals surface area contributed by atoms with Crippen molar-refractivity contribution in [3.8, 4) is 23.0 Å². The third kappa shape index (κ3) is 4.66. The zero-order valence-electron chi connectivity index (χ0n) is 20.8. The molecule has 1 atom stereocenters. The molecule has 0 bridgehead atoms. The molecule has 0 amide bonds. The summed E-state index contributed by atoms with van der Waals surface area (Å²) in [5.74, 6) is 2.55. The average Bonchev–Trinajstić information content (AvgIpc) is 3.29. The molecule has 9 heteroatoms. The van der Waals surface area contributed by atoms with Crippen molar-refractivity contribution in [2.24, 2.45) is 5.92 Å². The molecule has 5 rings (SSSR count). The molecule has 1 saturated heterocycles. The zero-order valence-corrected chi connectivity index (χ0v) is 20.8. The van der Waals surface area contributed by atoms with Gasteiger partial charge in [0.2, 0.25) is 6.35 Å². The second-order valence-electron chi connectivity index (χ2n) is 9.42. The van der Waals surface area contributed by atoms with Crippen LogP contribution in [0.25, 0.3) is 11.5 Å². The second kappa shape index (κ2) is 9.75. The number of methoxy groups -OCH3 is 2. The molecular weight excluding hydrogens is 446 g/mol. The van der Waals surface area contributed by atoms with Gasteiger partial charge in [0.25, 0.3) is 0 Å². The van der Waals surface area contributed by atoms with Crippen molar-refractivity contribution in [2.45, 2.75) is 33.2 Å². The van der Waals surface area contributed by atoms with E-state index in [2.05, 4.69) is 24.8 Å². The van der Waals surface area contributed by atoms with E-state index in [4.69, 9.17) is 24.2 Å². The molecule has 0 radical (unpaired) electrons. The maximum absolute atomic E-state index is 11.6. The number of hydrogen-bond acceptors (Lipinski definition) is 8. The number of hydrogen-bond donors (Lipinski definition) is 1. The van der Waals surface area contributed by atoms with Crippen molar-refractivity contribution in [2.75, 3.05) is 50.3 Å². The van der Waals surface area contributed by atoms with Crippen LogP contribution in [0.1, 0.15) is 31.5 Å². The fourth-order valence-corrected chi connectivity index (χ4v) is 4.74. The normalized spacial score (nSPS) is 17.4. The SMILES string of the molecule is COc1cc(CN2c3cc(N4CCOCC4)cnc3-c3nc(CC(C)C)cn3C2O)cc(OC)c1. The van der Waals surface area contributed by atoms with Gasteiger partial charge < -0.3 is 29.1 Å². The van der Waals surface area contributed by atoms with Crippen LogP contribution < -0.4 is 19.3 Å². The molecule has 186 valence electrons. The molecule has 0 aliphatic carbocycles. The number of imidazole rings is 1. The lowest BCUT2D eigenvalue weighted by molar-refractivity contribution is 0.0958. The van der Waals surface area contributed by atoms with Crippen LogP contribution in [-0.4, -0.2) is 60.2 Å². The summed E-state index contributed by atoms with van der Waals surface area (Å²) >= 11 is 0. The molecule has 2 aromatic heterocycles. The van der Waals surface area contributed by atoms with Crippen molar-refractivity contribution in [1.29, 1.82) is 0 Å². The minimum Gasteiger partial charge on any atom is -0.497 e. The number of aliphatic hydroxyl groups is 1. The predicted molar refractivity (Wildman–Crippen MR) is 134 cm³/mol. The molecular formula is C26H33N5O4. The summed E-state index contributed by atoms with van der Waals surface area (Å²) in [6.07, 6.45) is 3.75. The van der Waals surface area contributed by atoms with Crippen molar-refractivity contribution in [3.63, 3.8) is 0 Å². The lowest BCUT2D eigenvalue weighted by atomic mass is 10.1. The highest BCUT2D eigenvalue weighted by molar-refractivity contribution is 5.77. The molecule has 4 heterocycles. The Bertz CT molecular complexity index is 1170. The Morgan fingerprint density at radius 3 is 2.46 bits per heavy atom. The fourth-order valence-electron chi connectivity index (χ4n) is 4.74. The van der Waals surface area contributed by atoms with Gasteiger partial charge >= 0.3 is 0 Å². The Balaban J connectivity index is 1.58. The van der Waals surface area contributed by atoms with Gasteiger partial charge in [-0.25, -0.2) is 9.97 Å². The number of fused-ring (bicyclic) bond motifs is 3. The molecule has 0 saturated carbocycles. The van der Waals surface area contributed by atoms with Gasteiger partial charge in [0.15, 0.2) is 5.82 Å². The zero-order chi connectivity index (χ0) is 24.5. The number of nitrogens with zero attached hydrogens (tertiary/aromatic N) is 5. The molecule has 1 N–H and O–H groups in total. The van der Waals surface area contributed by atoms with E-state index >= 15 is 0 Å². The number of rotatable bonds is 7. The van der Waals surface area contributed by atoms with Gasteiger partial charge in [-0.15, -0.1) is 0 Å². The molecule has 1 unspecified atom stereocenters. The summed E-state index contributed by atoms with van der Waals surface area (Å²) in [6, 6.07) is 7.87. The van der Waals surface area contributed by atoms with Crippen molar-refractivity contribution in [1.82, 2.24) is 14.5 Å². The fraction of sp³-hybridized carbons (Fsp3) is 0.462.